The summed E-state index contributed by atoms with van der Waals surface area (Å²) in [7, 11) is 0. The van der Waals surface area contributed by atoms with Crippen molar-refractivity contribution >= 4 is 11.9 Å². The highest BCUT2D eigenvalue weighted by Crippen LogP contribution is 2.34. The van der Waals surface area contributed by atoms with Crippen molar-refractivity contribution in [1.29, 1.82) is 0 Å². The molecule has 7 heteroatoms. The van der Waals surface area contributed by atoms with Crippen LogP contribution < -0.4 is 10.6 Å². The van der Waals surface area contributed by atoms with Gasteiger partial charge in [0.2, 0.25) is 0 Å². The number of esters is 2. The van der Waals surface area contributed by atoms with E-state index in [1.807, 2.05) is 24.3 Å². The van der Waals surface area contributed by atoms with Gasteiger partial charge in [0.05, 0.1) is 12.2 Å². The molecule has 3 saturated heterocycles. The molecule has 2 unspecified atom stereocenters. The Hall–Kier alpha value is -1.96. The van der Waals surface area contributed by atoms with Crippen LogP contribution in [0.1, 0.15) is 116 Å². The highest BCUT2D eigenvalue weighted by Gasteiger charge is 2.41. The molecule has 7 nitrogen and oxygen atoms in total. The zero-order valence-electron chi connectivity index (χ0n) is 24.6. The topological polar surface area (TPSA) is 85.9 Å². The van der Waals surface area contributed by atoms with E-state index < -0.39 is 6.10 Å². The first-order valence-corrected chi connectivity index (χ1v) is 14.2. The maximum Gasteiger partial charge on any atom is 0.338 e. The normalized spacial score (nSPS) is 28.8. The molecule has 0 aliphatic carbocycles. The van der Waals surface area contributed by atoms with E-state index in [9.17, 15) is 9.59 Å². The van der Waals surface area contributed by atoms with E-state index in [1.165, 1.54) is 0 Å². The number of carbonyl (C=O) groups excluding carboxylic acids is 2. The van der Waals surface area contributed by atoms with Gasteiger partial charge in [0, 0.05) is 53.8 Å². The van der Waals surface area contributed by atoms with Gasteiger partial charge in [-0.2, -0.15) is 0 Å². The Morgan fingerprint density at radius 1 is 0.737 bits per heavy atom. The smallest absolute Gasteiger partial charge is 0.338 e. The average molecular weight is 529 g/mol. The fourth-order valence-corrected chi connectivity index (χ4v) is 7.18. The Bertz CT molecular complexity index is 974. The molecule has 3 aliphatic heterocycles. The first-order chi connectivity index (χ1) is 17.5. The van der Waals surface area contributed by atoms with Crippen LogP contribution >= 0.6 is 0 Å². The standard InChI is InChI=1S/C31H48N2O5/c1-28(2)15-23(16-29(3,4)32-28)37-26(34)21-11-9-20(10-12-21)22-13-14-25(36-19-22)27(35)38-24-17-30(5,6)33-31(7,8)18-24/h9-12,22-25,32-33H,13-19H2,1-8H3. The summed E-state index contributed by atoms with van der Waals surface area (Å²) in [5.74, 6) is -0.335. The van der Waals surface area contributed by atoms with E-state index in [-0.39, 0.29) is 52.2 Å². The molecule has 0 amide bonds. The number of rotatable bonds is 5. The zero-order chi connectivity index (χ0) is 27.9. The second-order valence-electron chi connectivity index (χ2n) is 14.4. The van der Waals surface area contributed by atoms with Crippen LogP contribution in [0.15, 0.2) is 24.3 Å². The maximum atomic E-state index is 12.9. The maximum absolute atomic E-state index is 12.9. The van der Waals surface area contributed by atoms with Gasteiger partial charge in [-0.15, -0.1) is 0 Å². The number of benzene rings is 1. The Kier molecular flexibility index (Phi) is 8.06. The molecule has 4 rings (SSSR count). The van der Waals surface area contributed by atoms with Crippen molar-refractivity contribution in [3.63, 3.8) is 0 Å². The highest BCUT2D eigenvalue weighted by molar-refractivity contribution is 5.89. The summed E-state index contributed by atoms with van der Waals surface area (Å²) in [6.45, 7) is 17.7. The molecule has 3 heterocycles. The summed E-state index contributed by atoms with van der Waals surface area (Å²) in [6.07, 6.45) is 3.90. The van der Waals surface area contributed by atoms with Crippen molar-refractivity contribution < 1.29 is 23.8 Å². The highest BCUT2D eigenvalue weighted by atomic mass is 16.6. The van der Waals surface area contributed by atoms with Gasteiger partial charge in [0.1, 0.15) is 12.2 Å². The second-order valence-corrected chi connectivity index (χ2v) is 14.4. The Morgan fingerprint density at radius 3 is 1.66 bits per heavy atom. The second kappa shape index (κ2) is 10.5. The molecule has 2 N–H and O–H groups in total. The number of carbonyl (C=O) groups is 2. The molecule has 1 aromatic rings. The molecule has 0 radical (unpaired) electrons. The summed E-state index contributed by atoms with van der Waals surface area (Å²) in [5, 5.41) is 7.24. The van der Waals surface area contributed by atoms with Gasteiger partial charge in [0.25, 0.3) is 0 Å². The average Bonchev–Trinajstić information content (AvgIpc) is 2.75. The lowest BCUT2D eigenvalue weighted by atomic mass is 9.81. The summed E-state index contributed by atoms with van der Waals surface area (Å²) in [6, 6.07) is 7.66. The van der Waals surface area contributed by atoms with Crippen molar-refractivity contribution in [2.24, 2.45) is 0 Å². The van der Waals surface area contributed by atoms with E-state index in [0.717, 1.165) is 37.7 Å². The molecule has 0 saturated carbocycles. The molecule has 212 valence electrons. The molecule has 0 spiro atoms. The van der Waals surface area contributed by atoms with E-state index in [4.69, 9.17) is 14.2 Å². The molecule has 0 bridgehead atoms. The number of hydrogen-bond acceptors (Lipinski definition) is 7. The van der Waals surface area contributed by atoms with Crippen LogP contribution in [0.4, 0.5) is 0 Å². The van der Waals surface area contributed by atoms with Crippen molar-refractivity contribution in [2.75, 3.05) is 6.61 Å². The summed E-state index contributed by atoms with van der Waals surface area (Å²) >= 11 is 0. The molecular weight excluding hydrogens is 480 g/mol. The first kappa shape index (κ1) is 29.0. The third kappa shape index (κ3) is 7.57. The molecule has 2 atom stereocenters. The Balaban J connectivity index is 1.27. The van der Waals surface area contributed by atoms with E-state index in [2.05, 4.69) is 66.0 Å². The molecule has 3 fully saturated rings. The van der Waals surface area contributed by atoms with Crippen LogP contribution in [0, 0.1) is 0 Å². The van der Waals surface area contributed by atoms with Crippen LogP contribution in [-0.4, -0.2) is 59.0 Å². The van der Waals surface area contributed by atoms with E-state index in [1.54, 1.807) is 0 Å². The van der Waals surface area contributed by atoms with Gasteiger partial charge in [-0.25, -0.2) is 9.59 Å². The van der Waals surface area contributed by atoms with Gasteiger partial charge in [-0.05, 0) is 85.9 Å². The minimum absolute atomic E-state index is 0.0788. The monoisotopic (exact) mass is 528 g/mol. The van der Waals surface area contributed by atoms with Crippen molar-refractivity contribution in [2.45, 2.75) is 140 Å². The van der Waals surface area contributed by atoms with Crippen LogP contribution in [0.5, 0.6) is 0 Å². The number of ether oxygens (including phenoxy) is 3. The van der Waals surface area contributed by atoms with Crippen LogP contribution in [0.2, 0.25) is 0 Å². The lowest BCUT2D eigenvalue weighted by Gasteiger charge is -2.46. The number of nitrogens with one attached hydrogen (secondary N) is 2. The third-order valence-corrected chi connectivity index (χ3v) is 8.02. The van der Waals surface area contributed by atoms with Gasteiger partial charge in [-0.1, -0.05) is 12.1 Å². The lowest BCUT2D eigenvalue weighted by molar-refractivity contribution is -0.170. The van der Waals surface area contributed by atoms with Crippen molar-refractivity contribution in [1.82, 2.24) is 10.6 Å². The molecule has 0 aromatic heterocycles. The summed E-state index contributed by atoms with van der Waals surface area (Å²) in [4.78, 5) is 25.7. The van der Waals surface area contributed by atoms with Crippen LogP contribution in [0.25, 0.3) is 0 Å². The van der Waals surface area contributed by atoms with E-state index >= 15 is 0 Å². The van der Waals surface area contributed by atoms with Gasteiger partial charge in [-0.3, -0.25) is 0 Å². The SMILES string of the molecule is CC1(C)CC(OC(=O)c2ccc(C3CCC(C(=O)OC4CC(C)(C)NC(C)(C)C4)OC3)cc2)CC(C)(C)N1. The minimum atomic E-state index is -0.514. The van der Waals surface area contributed by atoms with Crippen LogP contribution in [-0.2, 0) is 19.0 Å². The van der Waals surface area contributed by atoms with Crippen LogP contribution in [0.3, 0.4) is 0 Å². The number of hydrogen-bond donors (Lipinski definition) is 2. The van der Waals surface area contributed by atoms with Gasteiger partial charge < -0.3 is 24.8 Å². The van der Waals surface area contributed by atoms with E-state index in [0.29, 0.717) is 18.6 Å². The molecular formula is C31H48N2O5. The zero-order valence-corrected chi connectivity index (χ0v) is 24.6. The fraction of sp³-hybridized carbons (Fsp3) is 0.742. The Labute approximate surface area is 228 Å². The number of piperidine rings is 2. The minimum Gasteiger partial charge on any atom is -0.460 e. The first-order valence-electron chi connectivity index (χ1n) is 14.2. The van der Waals surface area contributed by atoms with Gasteiger partial charge in [0.15, 0.2) is 6.10 Å². The predicted octanol–water partition coefficient (Wildman–Crippen LogP) is 5.27. The molecule has 38 heavy (non-hydrogen) atoms. The largest absolute Gasteiger partial charge is 0.460 e. The fourth-order valence-electron chi connectivity index (χ4n) is 7.18. The molecule has 3 aliphatic rings. The predicted molar refractivity (Wildman–Crippen MR) is 148 cm³/mol. The summed E-state index contributed by atoms with van der Waals surface area (Å²) in [5.41, 5.74) is 1.36. The summed E-state index contributed by atoms with van der Waals surface area (Å²) < 4.78 is 17.8. The Morgan fingerprint density at radius 2 is 1.21 bits per heavy atom. The van der Waals surface area contributed by atoms with Crippen molar-refractivity contribution in [3.8, 4) is 0 Å². The molecule has 1 aromatic carbocycles. The van der Waals surface area contributed by atoms with Gasteiger partial charge >= 0.3 is 11.9 Å². The quantitative estimate of drug-likeness (QED) is 0.504. The van der Waals surface area contributed by atoms with Crippen molar-refractivity contribution in [3.05, 3.63) is 35.4 Å². The third-order valence-electron chi connectivity index (χ3n) is 8.02. The lowest BCUT2D eigenvalue weighted by Crippen LogP contribution is -2.60.